The molecular formula is C17H16Cl2N2. The monoisotopic (exact) mass is 318 g/mol. The molecule has 0 unspecified atom stereocenters. The first-order chi connectivity index (χ1) is 10.1. The lowest BCUT2D eigenvalue weighted by atomic mass is 10.1. The van der Waals surface area contributed by atoms with E-state index in [1.165, 1.54) is 22.2 Å². The van der Waals surface area contributed by atoms with E-state index < -0.39 is 0 Å². The van der Waals surface area contributed by atoms with Gasteiger partial charge in [0.2, 0.25) is 0 Å². The minimum absolute atomic E-state index is 0.638. The van der Waals surface area contributed by atoms with E-state index in [1.54, 1.807) is 6.07 Å². The fourth-order valence-corrected chi connectivity index (χ4v) is 3.17. The zero-order valence-corrected chi connectivity index (χ0v) is 13.5. The van der Waals surface area contributed by atoms with E-state index in [2.05, 4.69) is 48.1 Å². The van der Waals surface area contributed by atoms with Gasteiger partial charge in [-0.3, -0.25) is 0 Å². The third kappa shape index (κ3) is 2.61. The van der Waals surface area contributed by atoms with Crippen LogP contribution in [0.3, 0.4) is 0 Å². The molecule has 21 heavy (non-hydrogen) atoms. The molecule has 0 fully saturated rings. The number of aromatic nitrogens is 1. The van der Waals surface area contributed by atoms with Crippen molar-refractivity contribution in [2.24, 2.45) is 7.05 Å². The molecule has 0 aliphatic heterocycles. The van der Waals surface area contributed by atoms with Crippen molar-refractivity contribution in [1.82, 2.24) is 4.57 Å². The molecule has 0 atom stereocenters. The topological polar surface area (TPSA) is 17.0 Å². The molecule has 0 radical (unpaired) electrons. The van der Waals surface area contributed by atoms with Crippen molar-refractivity contribution in [3.8, 4) is 0 Å². The summed E-state index contributed by atoms with van der Waals surface area (Å²) in [5, 5.41) is 5.96. The van der Waals surface area contributed by atoms with Gasteiger partial charge < -0.3 is 9.88 Å². The maximum absolute atomic E-state index is 6.20. The summed E-state index contributed by atoms with van der Waals surface area (Å²) in [6, 6.07) is 13.9. The van der Waals surface area contributed by atoms with E-state index in [-0.39, 0.29) is 0 Å². The first kappa shape index (κ1) is 14.3. The zero-order chi connectivity index (χ0) is 15.0. The first-order valence-electron chi connectivity index (χ1n) is 6.79. The Hall–Kier alpha value is -1.64. The predicted molar refractivity (Wildman–Crippen MR) is 91.4 cm³/mol. The van der Waals surface area contributed by atoms with Crippen LogP contribution in [0.5, 0.6) is 0 Å². The highest BCUT2D eigenvalue weighted by Gasteiger charge is 2.11. The van der Waals surface area contributed by atoms with Crippen molar-refractivity contribution in [3.63, 3.8) is 0 Å². The van der Waals surface area contributed by atoms with Crippen molar-refractivity contribution in [3.05, 3.63) is 63.8 Å². The van der Waals surface area contributed by atoms with Crippen LogP contribution in [0.4, 0.5) is 5.69 Å². The van der Waals surface area contributed by atoms with Crippen LogP contribution in [0.2, 0.25) is 10.0 Å². The van der Waals surface area contributed by atoms with E-state index in [1.807, 2.05) is 12.1 Å². The number of rotatable bonds is 3. The SMILES string of the molecule is Cc1c(CNc2ccc(Cl)cc2Cl)n(C)c2ccccc12. The number of hydrogen-bond donors (Lipinski definition) is 1. The molecule has 1 heterocycles. The smallest absolute Gasteiger partial charge is 0.0652 e. The molecule has 1 N–H and O–H groups in total. The minimum atomic E-state index is 0.638. The highest BCUT2D eigenvalue weighted by atomic mass is 35.5. The number of nitrogens with one attached hydrogen (secondary N) is 1. The molecule has 1 aromatic heterocycles. The fraction of sp³-hybridized carbons (Fsp3) is 0.176. The second kappa shape index (κ2) is 5.63. The lowest BCUT2D eigenvalue weighted by molar-refractivity contribution is 0.862. The maximum atomic E-state index is 6.20. The number of anilines is 1. The summed E-state index contributed by atoms with van der Waals surface area (Å²) in [5.74, 6) is 0. The molecule has 2 nitrogen and oxygen atoms in total. The minimum Gasteiger partial charge on any atom is -0.378 e. The van der Waals surface area contributed by atoms with Crippen LogP contribution < -0.4 is 5.32 Å². The number of benzene rings is 2. The standard InChI is InChI=1S/C17H16Cl2N2/c1-11-13-5-3-4-6-16(13)21(2)17(11)10-20-15-8-7-12(18)9-14(15)19/h3-9,20H,10H2,1-2H3. The number of fused-ring (bicyclic) bond motifs is 1. The lowest BCUT2D eigenvalue weighted by Crippen LogP contribution is -2.06. The number of hydrogen-bond acceptors (Lipinski definition) is 1. The Bertz CT molecular complexity index is 767. The first-order valence-corrected chi connectivity index (χ1v) is 7.55. The van der Waals surface area contributed by atoms with Crippen LogP contribution in [-0.4, -0.2) is 4.57 Å². The van der Waals surface area contributed by atoms with Gasteiger partial charge in [-0.1, -0.05) is 41.4 Å². The third-order valence-electron chi connectivity index (χ3n) is 3.88. The van der Waals surface area contributed by atoms with Gasteiger partial charge >= 0.3 is 0 Å². The molecule has 3 aromatic rings. The lowest BCUT2D eigenvalue weighted by Gasteiger charge is -2.11. The Labute approximate surface area is 134 Å². The highest BCUT2D eigenvalue weighted by molar-refractivity contribution is 6.36. The van der Waals surface area contributed by atoms with Gasteiger partial charge in [0, 0.05) is 28.7 Å². The van der Waals surface area contributed by atoms with Gasteiger partial charge in [0.05, 0.1) is 17.3 Å². The number of aryl methyl sites for hydroxylation is 2. The van der Waals surface area contributed by atoms with Crippen LogP contribution in [-0.2, 0) is 13.6 Å². The van der Waals surface area contributed by atoms with Crippen molar-refractivity contribution < 1.29 is 0 Å². The molecule has 0 saturated carbocycles. The normalized spacial score (nSPS) is 11.0. The molecule has 2 aromatic carbocycles. The molecule has 0 amide bonds. The van der Waals surface area contributed by atoms with Gasteiger partial charge in [0.15, 0.2) is 0 Å². The second-order valence-electron chi connectivity index (χ2n) is 5.13. The summed E-state index contributed by atoms with van der Waals surface area (Å²) in [6.45, 7) is 2.88. The van der Waals surface area contributed by atoms with E-state index in [0.717, 1.165) is 12.2 Å². The van der Waals surface area contributed by atoms with Crippen LogP contribution in [0.15, 0.2) is 42.5 Å². The average molecular weight is 319 g/mol. The molecule has 0 aliphatic carbocycles. The van der Waals surface area contributed by atoms with Crippen LogP contribution >= 0.6 is 23.2 Å². The Balaban J connectivity index is 1.92. The largest absolute Gasteiger partial charge is 0.378 e. The highest BCUT2D eigenvalue weighted by Crippen LogP contribution is 2.28. The van der Waals surface area contributed by atoms with Crippen molar-refractivity contribution in [2.75, 3.05) is 5.32 Å². The van der Waals surface area contributed by atoms with Crippen molar-refractivity contribution >= 4 is 39.8 Å². The van der Waals surface area contributed by atoms with Gasteiger partial charge in [0.1, 0.15) is 0 Å². The van der Waals surface area contributed by atoms with E-state index in [4.69, 9.17) is 23.2 Å². The van der Waals surface area contributed by atoms with Crippen molar-refractivity contribution in [2.45, 2.75) is 13.5 Å². The summed E-state index contributed by atoms with van der Waals surface area (Å²) in [4.78, 5) is 0. The Morgan fingerprint density at radius 3 is 2.57 bits per heavy atom. The number of halogens is 2. The summed E-state index contributed by atoms with van der Waals surface area (Å²) in [6.07, 6.45) is 0. The van der Waals surface area contributed by atoms with Crippen LogP contribution in [0, 0.1) is 6.92 Å². The van der Waals surface area contributed by atoms with Crippen molar-refractivity contribution in [1.29, 1.82) is 0 Å². The third-order valence-corrected chi connectivity index (χ3v) is 4.43. The summed E-state index contributed by atoms with van der Waals surface area (Å²) < 4.78 is 2.22. The molecule has 4 heteroatoms. The van der Waals surface area contributed by atoms with Gasteiger partial charge in [-0.05, 0) is 36.8 Å². The van der Waals surface area contributed by atoms with E-state index >= 15 is 0 Å². The van der Waals surface area contributed by atoms with Gasteiger partial charge in [-0.15, -0.1) is 0 Å². The second-order valence-corrected chi connectivity index (χ2v) is 5.97. The Morgan fingerprint density at radius 2 is 1.86 bits per heavy atom. The molecule has 108 valence electrons. The molecular weight excluding hydrogens is 303 g/mol. The van der Waals surface area contributed by atoms with Gasteiger partial charge in [-0.2, -0.15) is 0 Å². The van der Waals surface area contributed by atoms with Crippen LogP contribution in [0.25, 0.3) is 10.9 Å². The van der Waals surface area contributed by atoms with E-state index in [0.29, 0.717) is 10.0 Å². The summed E-state index contributed by atoms with van der Waals surface area (Å²) in [5.41, 5.74) is 4.69. The molecule has 0 aliphatic rings. The number of nitrogens with zero attached hydrogens (tertiary/aromatic N) is 1. The Kier molecular flexibility index (Phi) is 3.83. The summed E-state index contributed by atoms with van der Waals surface area (Å²) >= 11 is 12.1. The number of para-hydroxylation sites is 1. The van der Waals surface area contributed by atoms with Gasteiger partial charge in [-0.25, -0.2) is 0 Å². The predicted octanol–water partition coefficient (Wildman–Crippen LogP) is 5.41. The quantitative estimate of drug-likeness (QED) is 0.683. The maximum Gasteiger partial charge on any atom is 0.0652 e. The fourth-order valence-electron chi connectivity index (χ4n) is 2.70. The van der Waals surface area contributed by atoms with Crippen LogP contribution in [0.1, 0.15) is 11.3 Å². The average Bonchev–Trinajstić information content (AvgIpc) is 2.71. The summed E-state index contributed by atoms with van der Waals surface area (Å²) in [7, 11) is 2.09. The molecule has 0 spiro atoms. The molecule has 0 bridgehead atoms. The zero-order valence-electron chi connectivity index (χ0n) is 12.0. The van der Waals surface area contributed by atoms with E-state index in [9.17, 15) is 0 Å². The van der Waals surface area contributed by atoms with Gasteiger partial charge in [0.25, 0.3) is 0 Å². The molecule has 0 saturated heterocycles. The molecule has 3 rings (SSSR count). The Morgan fingerprint density at radius 1 is 1.10 bits per heavy atom.